The number of amides is 1. The number of pyridine rings is 1. The summed E-state index contributed by atoms with van der Waals surface area (Å²) in [6.07, 6.45) is 0. The second kappa shape index (κ2) is 9.42. The van der Waals surface area contributed by atoms with Crippen molar-refractivity contribution in [2.24, 2.45) is 0 Å². The van der Waals surface area contributed by atoms with Gasteiger partial charge in [-0.25, -0.2) is 0 Å². The topological polar surface area (TPSA) is 130 Å². The van der Waals surface area contributed by atoms with E-state index in [0.29, 0.717) is 19.8 Å². The molecule has 1 aliphatic heterocycles. The fourth-order valence-corrected chi connectivity index (χ4v) is 2.44. The lowest BCUT2D eigenvalue weighted by Gasteiger charge is -2.35. The molecule has 0 aromatic carbocycles. The molecular formula is C17H23N3O8. The van der Waals surface area contributed by atoms with Crippen LogP contribution in [-0.2, 0) is 23.8 Å². The van der Waals surface area contributed by atoms with Gasteiger partial charge in [0.25, 0.3) is 11.7 Å². The Morgan fingerprint density at radius 2 is 1.93 bits per heavy atom. The molecule has 1 aliphatic rings. The van der Waals surface area contributed by atoms with Gasteiger partial charge in [0.15, 0.2) is 11.4 Å². The first-order chi connectivity index (χ1) is 13.3. The molecule has 1 aromatic rings. The van der Waals surface area contributed by atoms with Crippen LogP contribution in [0.3, 0.4) is 0 Å². The van der Waals surface area contributed by atoms with Crippen LogP contribution in [0.4, 0.5) is 11.6 Å². The van der Waals surface area contributed by atoms with E-state index in [4.69, 9.17) is 18.9 Å². The molecule has 154 valence electrons. The van der Waals surface area contributed by atoms with Crippen LogP contribution in [0.1, 0.15) is 20.8 Å². The number of hydrogen-bond acceptors (Lipinski definition) is 9. The lowest BCUT2D eigenvalue weighted by molar-refractivity contribution is -0.389. The minimum Gasteiger partial charge on any atom is -0.472 e. The van der Waals surface area contributed by atoms with Crippen LogP contribution < -0.4 is 9.64 Å². The molecule has 11 nitrogen and oxygen atoms in total. The normalized spacial score (nSPS) is 15.0. The lowest BCUT2D eigenvalue weighted by atomic mass is 10.1. The van der Waals surface area contributed by atoms with Gasteiger partial charge in [-0.2, -0.15) is 0 Å². The number of aromatic nitrogens is 1. The molecule has 0 aliphatic carbocycles. The molecule has 0 saturated heterocycles. The predicted molar refractivity (Wildman–Crippen MR) is 96.2 cm³/mol. The number of esters is 1. The van der Waals surface area contributed by atoms with Crippen molar-refractivity contribution in [3.8, 4) is 5.75 Å². The van der Waals surface area contributed by atoms with E-state index in [9.17, 15) is 19.7 Å². The van der Waals surface area contributed by atoms with E-state index in [1.54, 1.807) is 0 Å². The van der Waals surface area contributed by atoms with E-state index < -0.39 is 34.8 Å². The maximum atomic E-state index is 12.6. The zero-order valence-corrected chi connectivity index (χ0v) is 16.0. The monoisotopic (exact) mass is 397 g/mol. The molecule has 0 unspecified atom stereocenters. The van der Waals surface area contributed by atoms with Crippen molar-refractivity contribution < 1.29 is 33.5 Å². The fourth-order valence-electron chi connectivity index (χ4n) is 2.44. The number of fused-ring (bicyclic) bond motifs is 1. The predicted octanol–water partition coefficient (Wildman–Crippen LogP) is 1.09. The second-order valence-electron chi connectivity index (χ2n) is 6.28. The van der Waals surface area contributed by atoms with Gasteiger partial charge in [-0.15, -0.1) is 0 Å². The highest BCUT2D eigenvalue weighted by Crippen LogP contribution is 2.37. The minimum atomic E-state index is -1.26. The maximum absolute atomic E-state index is 12.6. The Morgan fingerprint density at radius 1 is 1.25 bits per heavy atom. The van der Waals surface area contributed by atoms with Crippen LogP contribution in [0.15, 0.2) is 12.1 Å². The average molecular weight is 397 g/mol. The summed E-state index contributed by atoms with van der Waals surface area (Å²) in [5, 5.41) is 11.0. The first-order valence-corrected chi connectivity index (χ1v) is 8.73. The van der Waals surface area contributed by atoms with Crippen LogP contribution in [0.5, 0.6) is 5.75 Å². The van der Waals surface area contributed by atoms with Crippen LogP contribution in [-0.4, -0.2) is 67.0 Å². The summed E-state index contributed by atoms with van der Waals surface area (Å²) in [5.74, 6) is -1.64. The minimum absolute atomic E-state index is 0.00209. The molecule has 0 saturated carbocycles. The molecule has 0 spiro atoms. The number of anilines is 1. The van der Waals surface area contributed by atoms with Crippen molar-refractivity contribution in [2.45, 2.75) is 26.4 Å². The highest BCUT2D eigenvalue weighted by Gasteiger charge is 2.45. The number of nitrogens with zero attached hydrogens (tertiary/aromatic N) is 3. The summed E-state index contributed by atoms with van der Waals surface area (Å²) < 4.78 is 21.0. The molecule has 0 atom stereocenters. The van der Waals surface area contributed by atoms with Crippen molar-refractivity contribution in [3.05, 3.63) is 22.2 Å². The Hall–Kier alpha value is -2.79. The van der Waals surface area contributed by atoms with E-state index in [2.05, 4.69) is 4.98 Å². The van der Waals surface area contributed by atoms with E-state index in [-0.39, 0.29) is 24.8 Å². The van der Waals surface area contributed by atoms with E-state index in [0.717, 1.165) is 4.90 Å². The van der Waals surface area contributed by atoms with Crippen molar-refractivity contribution in [1.82, 2.24) is 4.98 Å². The number of carbonyl (C=O) groups excluding carboxylic acids is 2. The third-order valence-corrected chi connectivity index (χ3v) is 3.75. The molecule has 2 rings (SSSR count). The first-order valence-electron chi connectivity index (χ1n) is 8.73. The van der Waals surface area contributed by atoms with Crippen LogP contribution in [0.2, 0.25) is 0 Å². The van der Waals surface area contributed by atoms with Gasteiger partial charge in [0.05, 0.1) is 19.8 Å². The van der Waals surface area contributed by atoms with Gasteiger partial charge in [0, 0.05) is 12.7 Å². The standard InChI is InChI=1S/C17H23N3O8/c1-4-25-7-8-26-9-10-27-14(21)11-19-15-12(28-17(2,3)16(19)22)5-6-13(18-15)20(23)24/h5-6H,4,7-11H2,1-3H3. The van der Waals surface area contributed by atoms with Gasteiger partial charge in [-0.05, 0) is 36.7 Å². The Balaban J connectivity index is 2.01. The van der Waals surface area contributed by atoms with Gasteiger partial charge < -0.3 is 29.1 Å². The summed E-state index contributed by atoms with van der Waals surface area (Å²) in [7, 11) is 0. The summed E-state index contributed by atoms with van der Waals surface area (Å²) in [6.45, 7) is 6.09. The van der Waals surface area contributed by atoms with Gasteiger partial charge in [-0.3, -0.25) is 14.5 Å². The summed E-state index contributed by atoms with van der Waals surface area (Å²) in [4.78, 5) is 39.9. The Bertz CT molecular complexity index is 737. The highest BCUT2D eigenvalue weighted by molar-refractivity contribution is 6.04. The van der Waals surface area contributed by atoms with E-state index >= 15 is 0 Å². The quantitative estimate of drug-likeness (QED) is 0.246. The van der Waals surface area contributed by atoms with Gasteiger partial charge in [0.2, 0.25) is 0 Å². The molecule has 0 fully saturated rings. The van der Waals surface area contributed by atoms with Crippen molar-refractivity contribution in [3.63, 3.8) is 0 Å². The molecule has 1 amide bonds. The Kier molecular flexibility index (Phi) is 7.24. The molecule has 1 aromatic heterocycles. The van der Waals surface area contributed by atoms with E-state index in [1.165, 1.54) is 26.0 Å². The molecule has 11 heteroatoms. The highest BCUT2D eigenvalue weighted by atomic mass is 16.6. The summed E-state index contributed by atoms with van der Waals surface area (Å²) in [5.41, 5.74) is -1.26. The number of rotatable bonds is 10. The molecule has 28 heavy (non-hydrogen) atoms. The maximum Gasteiger partial charge on any atom is 0.366 e. The number of nitro groups is 1. The van der Waals surface area contributed by atoms with Crippen LogP contribution in [0.25, 0.3) is 0 Å². The molecule has 2 heterocycles. The van der Waals surface area contributed by atoms with Gasteiger partial charge in [-0.1, -0.05) is 0 Å². The number of carbonyl (C=O) groups is 2. The smallest absolute Gasteiger partial charge is 0.366 e. The SMILES string of the molecule is CCOCCOCCOC(=O)CN1C(=O)C(C)(C)Oc2ccc([N+](=O)[O-])nc21. The van der Waals surface area contributed by atoms with Gasteiger partial charge >= 0.3 is 11.8 Å². The summed E-state index contributed by atoms with van der Waals surface area (Å²) in [6, 6.07) is 2.51. The van der Waals surface area contributed by atoms with Crippen LogP contribution in [0, 0.1) is 10.1 Å². The summed E-state index contributed by atoms with van der Waals surface area (Å²) >= 11 is 0. The Morgan fingerprint density at radius 3 is 2.61 bits per heavy atom. The largest absolute Gasteiger partial charge is 0.472 e. The van der Waals surface area contributed by atoms with Crippen molar-refractivity contribution >= 4 is 23.5 Å². The average Bonchev–Trinajstić information content (AvgIpc) is 2.64. The zero-order valence-electron chi connectivity index (χ0n) is 16.0. The third kappa shape index (κ3) is 5.36. The molecule has 0 bridgehead atoms. The second-order valence-corrected chi connectivity index (χ2v) is 6.28. The van der Waals surface area contributed by atoms with Crippen LogP contribution >= 0.6 is 0 Å². The van der Waals surface area contributed by atoms with Crippen molar-refractivity contribution in [2.75, 3.05) is 44.5 Å². The molecular weight excluding hydrogens is 374 g/mol. The van der Waals surface area contributed by atoms with Gasteiger partial charge in [0.1, 0.15) is 13.2 Å². The molecule has 0 N–H and O–H groups in total. The van der Waals surface area contributed by atoms with Crippen molar-refractivity contribution in [1.29, 1.82) is 0 Å². The Labute approximate surface area is 161 Å². The third-order valence-electron chi connectivity index (χ3n) is 3.75. The number of ether oxygens (including phenoxy) is 4. The first kappa shape index (κ1) is 21.5. The lowest BCUT2D eigenvalue weighted by Crippen LogP contribution is -2.54. The molecule has 0 radical (unpaired) electrons. The fraction of sp³-hybridized carbons (Fsp3) is 0.588. The number of hydrogen-bond donors (Lipinski definition) is 0. The zero-order chi connectivity index (χ0) is 20.7. The van der Waals surface area contributed by atoms with E-state index in [1.807, 2.05) is 6.92 Å².